The number of carbonyl (C=O) groups excluding carboxylic acids is 1. The third-order valence-corrected chi connectivity index (χ3v) is 6.18. The molecule has 1 atom stereocenters. The molecule has 0 spiro atoms. The van der Waals surface area contributed by atoms with Crippen molar-refractivity contribution in [3.63, 3.8) is 0 Å². The fraction of sp³-hybridized carbons (Fsp3) is 0.455. The molecule has 0 saturated carbocycles. The molecular weight excluding hydrogens is 336 g/mol. The second kappa shape index (κ2) is 7.69. The van der Waals surface area contributed by atoms with E-state index in [0.717, 1.165) is 44.3 Å². The normalized spacial score (nSPS) is 19.8. The Morgan fingerprint density at radius 1 is 1.15 bits per heavy atom. The van der Waals surface area contributed by atoms with Crippen molar-refractivity contribution in [2.75, 3.05) is 32.1 Å². The van der Waals surface area contributed by atoms with Crippen molar-refractivity contribution in [2.45, 2.75) is 37.8 Å². The Kier molecular flexibility index (Phi) is 5.12. The van der Waals surface area contributed by atoms with Crippen molar-refractivity contribution in [3.05, 3.63) is 59.4 Å². The maximum absolute atomic E-state index is 13.1. The van der Waals surface area contributed by atoms with Gasteiger partial charge in [-0.1, -0.05) is 6.07 Å². The van der Waals surface area contributed by atoms with E-state index in [1.807, 2.05) is 37.5 Å². The molecular formula is C22H28N4O. The molecule has 1 aromatic carbocycles. The van der Waals surface area contributed by atoms with Crippen LogP contribution in [0.2, 0.25) is 0 Å². The highest BCUT2D eigenvalue weighted by atomic mass is 16.2. The van der Waals surface area contributed by atoms with E-state index < -0.39 is 0 Å². The van der Waals surface area contributed by atoms with Crippen molar-refractivity contribution in [3.8, 4) is 0 Å². The maximum atomic E-state index is 13.1. The van der Waals surface area contributed by atoms with Gasteiger partial charge in [-0.3, -0.25) is 9.78 Å². The van der Waals surface area contributed by atoms with Gasteiger partial charge in [-0.15, -0.1) is 0 Å². The monoisotopic (exact) mass is 364 g/mol. The lowest BCUT2D eigenvalue weighted by molar-refractivity contribution is 0.0709. The molecule has 5 heteroatoms. The quantitative estimate of drug-likeness (QED) is 0.906. The Hall–Kier alpha value is -2.40. The average molecular weight is 364 g/mol. The predicted octanol–water partition coefficient (Wildman–Crippen LogP) is 3.03. The van der Waals surface area contributed by atoms with E-state index in [9.17, 15) is 4.79 Å². The first-order valence-corrected chi connectivity index (χ1v) is 9.89. The van der Waals surface area contributed by atoms with Gasteiger partial charge in [0.15, 0.2) is 0 Å². The number of hydrogen-bond donors (Lipinski definition) is 1. The first-order valence-electron chi connectivity index (χ1n) is 9.89. The first kappa shape index (κ1) is 18.0. The molecule has 2 aliphatic rings. The molecule has 1 aromatic heterocycles. The van der Waals surface area contributed by atoms with Crippen molar-refractivity contribution in [1.82, 2.24) is 15.2 Å². The summed E-state index contributed by atoms with van der Waals surface area (Å²) < 4.78 is 0. The number of piperidine rings is 1. The molecule has 27 heavy (non-hydrogen) atoms. The number of aromatic nitrogens is 1. The molecule has 1 aliphatic carbocycles. The van der Waals surface area contributed by atoms with Gasteiger partial charge in [0, 0.05) is 55.9 Å². The number of amides is 1. The molecule has 142 valence electrons. The van der Waals surface area contributed by atoms with Crippen LogP contribution in [-0.4, -0.2) is 49.0 Å². The molecule has 2 aromatic rings. The number of rotatable bonds is 4. The summed E-state index contributed by atoms with van der Waals surface area (Å²) in [5.74, 6) is 0.141. The minimum Gasteiger partial charge on any atom is -0.371 e. The van der Waals surface area contributed by atoms with E-state index in [-0.39, 0.29) is 5.91 Å². The zero-order valence-corrected chi connectivity index (χ0v) is 16.2. The molecule has 5 nitrogen and oxygen atoms in total. The maximum Gasteiger partial charge on any atom is 0.253 e. The minimum absolute atomic E-state index is 0.141. The number of fused-ring (bicyclic) bond motifs is 1. The van der Waals surface area contributed by atoms with E-state index in [1.54, 1.807) is 0 Å². The van der Waals surface area contributed by atoms with Crippen LogP contribution in [0.5, 0.6) is 0 Å². The molecule has 1 fully saturated rings. The highest BCUT2D eigenvalue weighted by Gasteiger charge is 2.28. The third-order valence-electron chi connectivity index (χ3n) is 6.18. The summed E-state index contributed by atoms with van der Waals surface area (Å²) in [4.78, 5) is 21.5. The second-order valence-electron chi connectivity index (χ2n) is 7.63. The van der Waals surface area contributed by atoms with Crippen LogP contribution in [0.1, 0.15) is 46.8 Å². The van der Waals surface area contributed by atoms with Gasteiger partial charge in [-0.2, -0.15) is 0 Å². The van der Waals surface area contributed by atoms with Crippen molar-refractivity contribution >= 4 is 11.6 Å². The van der Waals surface area contributed by atoms with E-state index in [2.05, 4.69) is 39.5 Å². The fourth-order valence-electron chi connectivity index (χ4n) is 4.47. The molecule has 1 aliphatic heterocycles. The third kappa shape index (κ3) is 3.56. The van der Waals surface area contributed by atoms with Crippen LogP contribution in [-0.2, 0) is 6.42 Å². The Balaban J connectivity index is 1.42. The summed E-state index contributed by atoms with van der Waals surface area (Å²) in [6.07, 6.45) is 7.88. The lowest BCUT2D eigenvalue weighted by Gasteiger charge is -2.38. The van der Waals surface area contributed by atoms with Crippen LogP contribution in [0.15, 0.2) is 42.7 Å². The molecule has 2 heterocycles. The summed E-state index contributed by atoms with van der Waals surface area (Å²) in [5, 5.41) is 3.36. The fourth-order valence-corrected chi connectivity index (χ4v) is 4.47. The molecule has 1 unspecified atom stereocenters. The van der Waals surface area contributed by atoms with E-state index in [1.165, 1.54) is 16.8 Å². The summed E-state index contributed by atoms with van der Waals surface area (Å²) >= 11 is 0. The van der Waals surface area contributed by atoms with Crippen LogP contribution < -0.4 is 10.2 Å². The molecule has 1 saturated heterocycles. The van der Waals surface area contributed by atoms with Gasteiger partial charge in [0.05, 0.1) is 0 Å². The van der Waals surface area contributed by atoms with Gasteiger partial charge in [-0.25, -0.2) is 0 Å². The highest BCUT2D eigenvalue weighted by Crippen LogP contribution is 2.32. The topological polar surface area (TPSA) is 48.5 Å². The second-order valence-corrected chi connectivity index (χ2v) is 7.63. The summed E-state index contributed by atoms with van der Waals surface area (Å²) in [5.41, 5.74) is 4.70. The number of pyridine rings is 1. The Labute approximate surface area is 161 Å². The Morgan fingerprint density at radius 3 is 2.59 bits per heavy atom. The summed E-state index contributed by atoms with van der Waals surface area (Å²) in [7, 11) is 3.95. The van der Waals surface area contributed by atoms with Gasteiger partial charge in [-0.05, 0) is 68.1 Å². The zero-order valence-electron chi connectivity index (χ0n) is 16.2. The molecule has 1 amide bonds. The number of hydrogen-bond acceptors (Lipinski definition) is 4. The lowest BCUT2D eigenvalue weighted by Crippen LogP contribution is -2.45. The number of aryl methyl sites for hydroxylation is 1. The van der Waals surface area contributed by atoms with E-state index in [4.69, 9.17) is 0 Å². The van der Waals surface area contributed by atoms with Crippen molar-refractivity contribution in [1.29, 1.82) is 0 Å². The number of carbonyl (C=O) groups is 1. The van der Waals surface area contributed by atoms with Gasteiger partial charge in [0.2, 0.25) is 0 Å². The molecule has 4 rings (SSSR count). The molecule has 0 bridgehead atoms. The largest absolute Gasteiger partial charge is 0.371 e. The van der Waals surface area contributed by atoms with Crippen molar-refractivity contribution in [2.24, 2.45) is 0 Å². The van der Waals surface area contributed by atoms with Gasteiger partial charge >= 0.3 is 0 Å². The molecule has 0 radical (unpaired) electrons. The smallest absolute Gasteiger partial charge is 0.253 e. The highest BCUT2D eigenvalue weighted by molar-refractivity contribution is 5.94. The number of benzene rings is 1. The van der Waals surface area contributed by atoms with Crippen LogP contribution in [0.25, 0.3) is 0 Å². The summed E-state index contributed by atoms with van der Waals surface area (Å²) in [6.45, 7) is 1.94. The first-order chi connectivity index (χ1) is 13.2. The standard InChI is InChI=1S/C22H28N4O/c1-23-21-6-5-16-3-4-17(15-20(16)21)22(27)25(2)18-9-13-26(14-10-18)19-7-11-24-12-8-19/h3-4,7-8,11-12,15,18,21,23H,5-6,9-10,13-14H2,1-2H3. The lowest BCUT2D eigenvalue weighted by atomic mass is 10.00. The van der Waals surface area contributed by atoms with Gasteiger partial charge in [0.25, 0.3) is 5.91 Å². The van der Waals surface area contributed by atoms with E-state index >= 15 is 0 Å². The molecule has 1 N–H and O–H groups in total. The van der Waals surface area contributed by atoms with Crippen molar-refractivity contribution < 1.29 is 4.79 Å². The van der Waals surface area contributed by atoms with Crippen LogP contribution in [0.3, 0.4) is 0 Å². The van der Waals surface area contributed by atoms with Gasteiger partial charge < -0.3 is 15.1 Å². The average Bonchev–Trinajstić information content (AvgIpc) is 3.16. The number of anilines is 1. The number of nitrogens with one attached hydrogen (secondary N) is 1. The predicted molar refractivity (Wildman–Crippen MR) is 108 cm³/mol. The summed E-state index contributed by atoms with van der Waals surface area (Å²) in [6, 6.07) is 11.0. The van der Waals surface area contributed by atoms with Crippen LogP contribution in [0.4, 0.5) is 5.69 Å². The van der Waals surface area contributed by atoms with E-state index in [0.29, 0.717) is 12.1 Å². The SMILES string of the molecule is CNC1CCc2ccc(C(=O)N(C)C3CCN(c4ccncc4)CC3)cc21. The zero-order chi connectivity index (χ0) is 18.8. The minimum atomic E-state index is 0.141. The van der Waals surface area contributed by atoms with Crippen LogP contribution in [0, 0.1) is 0 Å². The number of nitrogens with zero attached hydrogens (tertiary/aromatic N) is 3. The van der Waals surface area contributed by atoms with Gasteiger partial charge in [0.1, 0.15) is 0 Å². The Bertz CT molecular complexity index is 799. The Morgan fingerprint density at radius 2 is 1.89 bits per heavy atom. The van der Waals surface area contributed by atoms with Crippen LogP contribution >= 0.6 is 0 Å².